The third kappa shape index (κ3) is 3.93. The number of carbonyl (C=O) groups excluding carboxylic acids is 2. The van der Waals surface area contributed by atoms with Crippen molar-refractivity contribution >= 4 is 45.2 Å². The molecule has 3 heterocycles. The number of benzene rings is 3. The van der Waals surface area contributed by atoms with Gasteiger partial charge in [-0.2, -0.15) is 0 Å². The number of hydrogen-bond acceptors (Lipinski definition) is 5. The van der Waals surface area contributed by atoms with Gasteiger partial charge in [-0.05, 0) is 49.7 Å². The monoisotopic (exact) mass is 517 g/mol. The molecule has 0 radical (unpaired) electrons. The zero-order chi connectivity index (χ0) is 25.8. The van der Waals surface area contributed by atoms with Crippen molar-refractivity contribution in [2.24, 2.45) is 13.0 Å². The fourth-order valence-electron chi connectivity index (χ4n) is 5.76. The van der Waals surface area contributed by atoms with E-state index in [1.807, 2.05) is 41.9 Å². The molecule has 0 bridgehead atoms. The number of aryl methyl sites for hydroxylation is 1. The summed E-state index contributed by atoms with van der Waals surface area (Å²) in [5.41, 5.74) is 3.42. The molecule has 1 atom stereocenters. The largest absolute Gasteiger partial charge is 0.504 e. The average molecular weight is 518 g/mol. The lowest BCUT2D eigenvalue weighted by molar-refractivity contribution is 0.0880. The third-order valence-electron chi connectivity index (χ3n) is 7.51. The number of halogens is 1. The van der Waals surface area contributed by atoms with E-state index in [-0.39, 0.29) is 5.75 Å². The standard InChI is InChI=1S/C29H28ClN3O4/c1-16(14-33-9-5-6-10-33)15-37-24-13-21-19(12-23(24)34)25-22(32(21)2)11-18(17-7-3-4-8-20(17)30)26-27(25)29(36)31-28(26)35/h3-4,7-8,11-13,16,34H,5-6,9-10,14-15H2,1-2H3,(H,31,35,36). The van der Waals surface area contributed by atoms with Crippen LogP contribution in [0.3, 0.4) is 0 Å². The highest BCUT2D eigenvalue weighted by molar-refractivity contribution is 6.36. The van der Waals surface area contributed by atoms with Crippen molar-refractivity contribution in [2.75, 3.05) is 26.2 Å². The van der Waals surface area contributed by atoms with Gasteiger partial charge in [0.15, 0.2) is 11.5 Å². The zero-order valence-electron chi connectivity index (χ0n) is 20.8. The maximum atomic E-state index is 13.0. The van der Waals surface area contributed by atoms with Gasteiger partial charge in [0, 0.05) is 46.9 Å². The van der Waals surface area contributed by atoms with E-state index in [1.165, 1.54) is 12.8 Å². The van der Waals surface area contributed by atoms with Crippen LogP contribution in [0.1, 0.15) is 40.5 Å². The van der Waals surface area contributed by atoms with Crippen LogP contribution in [-0.2, 0) is 7.05 Å². The minimum absolute atomic E-state index is 0.00188. The van der Waals surface area contributed by atoms with Crippen molar-refractivity contribution in [3.05, 3.63) is 58.6 Å². The lowest BCUT2D eigenvalue weighted by Gasteiger charge is -2.20. The second-order valence-electron chi connectivity index (χ2n) is 10.2. The first kappa shape index (κ1) is 23.8. The van der Waals surface area contributed by atoms with Crippen LogP contribution in [0.4, 0.5) is 0 Å². The first-order valence-corrected chi connectivity index (χ1v) is 13.0. The fraction of sp³-hybridized carbons (Fsp3) is 0.310. The molecule has 7 nitrogen and oxygen atoms in total. The second kappa shape index (κ2) is 9.08. The van der Waals surface area contributed by atoms with Gasteiger partial charge in [-0.25, -0.2) is 0 Å². The number of imide groups is 1. The lowest BCUT2D eigenvalue weighted by atomic mass is 9.93. The van der Waals surface area contributed by atoms with E-state index in [4.69, 9.17) is 16.3 Å². The summed E-state index contributed by atoms with van der Waals surface area (Å²) in [6, 6.07) is 12.6. The molecule has 2 aliphatic rings. The molecular weight excluding hydrogens is 490 g/mol. The molecule has 1 fully saturated rings. The Morgan fingerprint density at radius 2 is 1.76 bits per heavy atom. The molecule has 0 spiro atoms. The van der Waals surface area contributed by atoms with E-state index >= 15 is 0 Å². The predicted molar refractivity (Wildman–Crippen MR) is 145 cm³/mol. The molecule has 1 unspecified atom stereocenters. The number of phenolic OH excluding ortho intramolecular Hbond substituents is 1. The molecule has 4 aromatic rings. The average Bonchev–Trinajstić information content (AvgIpc) is 3.55. The molecule has 6 rings (SSSR count). The number of fused-ring (bicyclic) bond motifs is 5. The first-order chi connectivity index (χ1) is 17.8. The van der Waals surface area contributed by atoms with Gasteiger partial charge in [-0.1, -0.05) is 36.7 Å². The molecule has 8 heteroatoms. The Hall–Kier alpha value is -3.55. The van der Waals surface area contributed by atoms with Gasteiger partial charge in [-0.15, -0.1) is 0 Å². The number of rotatable bonds is 6. The third-order valence-corrected chi connectivity index (χ3v) is 7.84. The molecule has 1 saturated heterocycles. The van der Waals surface area contributed by atoms with Crippen LogP contribution in [0, 0.1) is 5.92 Å². The molecule has 0 saturated carbocycles. The number of phenols is 1. The summed E-state index contributed by atoms with van der Waals surface area (Å²) in [5.74, 6) is -0.194. The van der Waals surface area contributed by atoms with Crippen molar-refractivity contribution in [1.29, 1.82) is 0 Å². The van der Waals surface area contributed by atoms with Crippen LogP contribution in [0.5, 0.6) is 11.5 Å². The van der Waals surface area contributed by atoms with Gasteiger partial charge in [0.25, 0.3) is 11.8 Å². The summed E-state index contributed by atoms with van der Waals surface area (Å²) in [5, 5.41) is 15.1. The Morgan fingerprint density at radius 1 is 1.03 bits per heavy atom. The first-order valence-electron chi connectivity index (χ1n) is 12.6. The second-order valence-corrected chi connectivity index (χ2v) is 10.6. The molecule has 2 aliphatic heterocycles. The number of aromatic nitrogens is 1. The molecular formula is C29H28ClN3O4. The summed E-state index contributed by atoms with van der Waals surface area (Å²) in [6.45, 7) is 5.88. The molecule has 1 aromatic heterocycles. The summed E-state index contributed by atoms with van der Waals surface area (Å²) in [4.78, 5) is 28.4. The van der Waals surface area contributed by atoms with Gasteiger partial charge in [0.2, 0.25) is 0 Å². The van der Waals surface area contributed by atoms with Gasteiger partial charge < -0.3 is 19.3 Å². The SMILES string of the molecule is CC(COc1cc2c(cc1O)c1c3c(c(-c4ccccc4Cl)cc1n2C)C(=O)NC3=O)CN1CCCC1. The number of nitrogens with one attached hydrogen (secondary N) is 1. The number of hydrogen-bond donors (Lipinski definition) is 2. The number of aromatic hydroxyl groups is 1. The van der Waals surface area contributed by atoms with Crippen LogP contribution < -0.4 is 10.1 Å². The maximum absolute atomic E-state index is 13.0. The van der Waals surface area contributed by atoms with Gasteiger partial charge >= 0.3 is 0 Å². The molecule has 190 valence electrons. The van der Waals surface area contributed by atoms with Crippen LogP contribution >= 0.6 is 11.6 Å². The summed E-state index contributed by atoms with van der Waals surface area (Å²) < 4.78 is 8.03. The van der Waals surface area contributed by atoms with E-state index in [9.17, 15) is 14.7 Å². The van der Waals surface area contributed by atoms with E-state index in [2.05, 4.69) is 17.1 Å². The van der Waals surface area contributed by atoms with Crippen LogP contribution in [0.15, 0.2) is 42.5 Å². The zero-order valence-corrected chi connectivity index (χ0v) is 21.6. The minimum Gasteiger partial charge on any atom is -0.504 e. The molecule has 2 amide bonds. The normalized spacial score (nSPS) is 16.5. The fourth-order valence-corrected chi connectivity index (χ4v) is 6.00. The summed E-state index contributed by atoms with van der Waals surface area (Å²) in [6.07, 6.45) is 2.50. The highest BCUT2D eigenvalue weighted by Crippen LogP contribution is 2.44. The molecule has 37 heavy (non-hydrogen) atoms. The number of likely N-dealkylation sites (tertiary alicyclic amines) is 1. The molecule has 3 aromatic carbocycles. The van der Waals surface area contributed by atoms with Gasteiger partial charge in [0.1, 0.15) is 0 Å². The van der Waals surface area contributed by atoms with E-state index in [0.717, 1.165) is 30.7 Å². The Kier molecular flexibility index (Phi) is 5.85. The van der Waals surface area contributed by atoms with Gasteiger partial charge in [-0.3, -0.25) is 14.9 Å². The van der Waals surface area contributed by atoms with Crippen molar-refractivity contribution < 1.29 is 19.4 Å². The number of ether oxygens (including phenoxy) is 1. The molecule has 2 N–H and O–H groups in total. The van der Waals surface area contributed by atoms with Crippen molar-refractivity contribution in [1.82, 2.24) is 14.8 Å². The predicted octanol–water partition coefficient (Wildman–Crippen LogP) is 5.35. The summed E-state index contributed by atoms with van der Waals surface area (Å²) in [7, 11) is 1.90. The number of amides is 2. The van der Waals surface area contributed by atoms with Crippen LogP contribution in [-0.4, -0.2) is 52.6 Å². The van der Waals surface area contributed by atoms with E-state index in [1.54, 1.807) is 12.1 Å². The Morgan fingerprint density at radius 3 is 2.51 bits per heavy atom. The number of carbonyl (C=O) groups is 2. The van der Waals surface area contributed by atoms with Crippen LogP contribution in [0.25, 0.3) is 32.9 Å². The van der Waals surface area contributed by atoms with Crippen molar-refractivity contribution in [3.63, 3.8) is 0 Å². The highest BCUT2D eigenvalue weighted by Gasteiger charge is 2.35. The Balaban J connectivity index is 1.47. The van der Waals surface area contributed by atoms with E-state index < -0.39 is 11.8 Å². The topological polar surface area (TPSA) is 83.8 Å². The lowest BCUT2D eigenvalue weighted by Crippen LogP contribution is -2.28. The Bertz CT molecular complexity index is 1590. The van der Waals surface area contributed by atoms with Gasteiger partial charge in [0.05, 0.1) is 28.8 Å². The smallest absolute Gasteiger partial charge is 0.259 e. The van der Waals surface area contributed by atoms with Crippen LogP contribution in [0.2, 0.25) is 5.02 Å². The number of nitrogens with zero attached hydrogens (tertiary/aromatic N) is 2. The Labute approximate surface area is 219 Å². The quantitative estimate of drug-likeness (QED) is 0.337. The van der Waals surface area contributed by atoms with Crippen molar-refractivity contribution in [2.45, 2.75) is 19.8 Å². The summed E-state index contributed by atoms with van der Waals surface area (Å²) >= 11 is 6.49. The maximum Gasteiger partial charge on any atom is 0.259 e. The van der Waals surface area contributed by atoms with Crippen molar-refractivity contribution in [3.8, 4) is 22.6 Å². The molecule has 0 aliphatic carbocycles. The minimum atomic E-state index is -0.457. The highest BCUT2D eigenvalue weighted by atomic mass is 35.5. The van der Waals surface area contributed by atoms with E-state index in [0.29, 0.717) is 56.3 Å².